The molecule has 1 aliphatic heterocycles. The second kappa shape index (κ2) is 8.18. The Morgan fingerprint density at radius 3 is 2.72 bits per heavy atom. The number of fused-ring (bicyclic) bond motifs is 1. The van der Waals surface area contributed by atoms with Crippen molar-refractivity contribution in [1.29, 1.82) is 0 Å². The van der Waals surface area contributed by atoms with E-state index in [2.05, 4.69) is 15.3 Å². The number of amides is 1. The molecule has 1 aromatic heterocycles. The standard InChI is InChI=1S/C20H19FN4O3.ClH/c1-11-5-6-13-15(9-11)23-18(17-14(21)3-2-4-16(17)26)24-19(13)25(20(27)28)12-7-8-22-10-12;/h2-6,9,12,22,26H,7-8,10H2,1H3,(H,27,28);1H. The first-order chi connectivity index (χ1) is 13.5. The summed E-state index contributed by atoms with van der Waals surface area (Å²) >= 11 is 0. The van der Waals surface area contributed by atoms with E-state index in [9.17, 15) is 19.4 Å². The van der Waals surface area contributed by atoms with Crippen molar-refractivity contribution in [2.75, 3.05) is 18.0 Å². The van der Waals surface area contributed by atoms with E-state index in [1.54, 1.807) is 12.1 Å². The second-order valence-corrected chi connectivity index (χ2v) is 6.82. The molecule has 2 heterocycles. The molecule has 7 nitrogen and oxygen atoms in total. The molecule has 9 heteroatoms. The van der Waals surface area contributed by atoms with Gasteiger partial charge in [0.2, 0.25) is 0 Å². The number of phenolic OH excluding ortho intramolecular Hbond substituents is 1. The van der Waals surface area contributed by atoms with Crippen LogP contribution < -0.4 is 10.2 Å². The summed E-state index contributed by atoms with van der Waals surface area (Å²) in [5, 5.41) is 23.8. The Balaban J connectivity index is 0.00000240. The Labute approximate surface area is 172 Å². The molecule has 152 valence electrons. The SMILES string of the molecule is Cc1ccc2c(N(C(=O)O)C3CCNC3)nc(-c3c(O)cccc3F)nc2c1.Cl. The molecule has 1 atom stereocenters. The van der Waals surface area contributed by atoms with E-state index in [-0.39, 0.29) is 41.4 Å². The van der Waals surface area contributed by atoms with Crippen LogP contribution in [0, 0.1) is 12.7 Å². The van der Waals surface area contributed by atoms with E-state index in [0.29, 0.717) is 30.4 Å². The zero-order valence-corrected chi connectivity index (χ0v) is 16.4. The molecule has 0 radical (unpaired) electrons. The van der Waals surface area contributed by atoms with Crippen molar-refractivity contribution in [2.24, 2.45) is 0 Å². The third-order valence-corrected chi connectivity index (χ3v) is 4.88. The highest BCUT2D eigenvalue weighted by atomic mass is 35.5. The maximum absolute atomic E-state index is 14.4. The molecular formula is C20H20ClFN4O3. The quantitative estimate of drug-likeness (QED) is 0.599. The van der Waals surface area contributed by atoms with E-state index in [0.717, 1.165) is 5.56 Å². The fourth-order valence-electron chi connectivity index (χ4n) is 3.53. The zero-order valence-electron chi connectivity index (χ0n) is 15.6. The number of hydrogen-bond donors (Lipinski definition) is 3. The third-order valence-electron chi connectivity index (χ3n) is 4.88. The van der Waals surface area contributed by atoms with Crippen LogP contribution >= 0.6 is 12.4 Å². The molecule has 1 saturated heterocycles. The molecule has 3 aromatic rings. The van der Waals surface area contributed by atoms with Crippen molar-refractivity contribution in [3.8, 4) is 17.1 Å². The third kappa shape index (κ3) is 3.81. The lowest BCUT2D eigenvalue weighted by molar-refractivity contribution is 0.199. The lowest BCUT2D eigenvalue weighted by Crippen LogP contribution is -2.41. The number of nitrogens with zero attached hydrogens (tertiary/aromatic N) is 3. The molecule has 1 unspecified atom stereocenters. The van der Waals surface area contributed by atoms with Gasteiger partial charge in [-0.05, 0) is 49.7 Å². The van der Waals surface area contributed by atoms with Gasteiger partial charge in [0.15, 0.2) is 5.82 Å². The largest absolute Gasteiger partial charge is 0.507 e. The van der Waals surface area contributed by atoms with Gasteiger partial charge in [-0.3, -0.25) is 4.90 Å². The predicted molar refractivity (Wildman–Crippen MR) is 110 cm³/mol. The maximum atomic E-state index is 14.4. The summed E-state index contributed by atoms with van der Waals surface area (Å²) in [5.74, 6) is -0.852. The number of aromatic nitrogens is 2. The number of nitrogens with one attached hydrogen (secondary N) is 1. The Hall–Kier alpha value is -2.97. The summed E-state index contributed by atoms with van der Waals surface area (Å²) in [4.78, 5) is 22.1. The number of phenols is 1. The fourth-order valence-corrected chi connectivity index (χ4v) is 3.53. The number of halogens is 2. The monoisotopic (exact) mass is 418 g/mol. The van der Waals surface area contributed by atoms with Gasteiger partial charge in [-0.1, -0.05) is 12.1 Å². The molecule has 4 rings (SSSR count). The summed E-state index contributed by atoms with van der Waals surface area (Å²) in [6.45, 7) is 3.10. The predicted octanol–water partition coefficient (Wildman–Crippen LogP) is 3.72. The van der Waals surface area contributed by atoms with Gasteiger partial charge in [0.25, 0.3) is 0 Å². The molecule has 2 aromatic carbocycles. The van der Waals surface area contributed by atoms with Gasteiger partial charge in [0.05, 0.1) is 17.1 Å². The van der Waals surface area contributed by atoms with E-state index >= 15 is 0 Å². The average molecular weight is 419 g/mol. The van der Waals surface area contributed by atoms with E-state index in [1.807, 2.05) is 13.0 Å². The summed E-state index contributed by atoms with van der Waals surface area (Å²) < 4.78 is 14.4. The van der Waals surface area contributed by atoms with Crippen LogP contribution in [-0.2, 0) is 0 Å². The van der Waals surface area contributed by atoms with Gasteiger partial charge in [-0.15, -0.1) is 12.4 Å². The van der Waals surface area contributed by atoms with Gasteiger partial charge < -0.3 is 15.5 Å². The summed E-state index contributed by atoms with van der Waals surface area (Å²) in [6, 6.07) is 9.04. The number of aromatic hydroxyl groups is 1. The molecule has 0 saturated carbocycles. The molecule has 1 amide bonds. The molecule has 29 heavy (non-hydrogen) atoms. The number of benzene rings is 2. The average Bonchev–Trinajstić information content (AvgIpc) is 3.15. The van der Waals surface area contributed by atoms with E-state index in [1.165, 1.54) is 23.1 Å². The lowest BCUT2D eigenvalue weighted by atomic mass is 10.1. The Morgan fingerprint density at radius 2 is 2.07 bits per heavy atom. The summed E-state index contributed by atoms with van der Waals surface area (Å²) in [5.41, 5.74) is 1.26. The number of rotatable bonds is 3. The lowest BCUT2D eigenvalue weighted by Gasteiger charge is -2.26. The fraction of sp³-hybridized carbons (Fsp3) is 0.250. The van der Waals surface area contributed by atoms with Crippen LogP contribution in [0.15, 0.2) is 36.4 Å². The van der Waals surface area contributed by atoms with Gasteiger partial charge >= 0.3 is 6.09 Å². The van der Waals surface area contributed by atoms with Crippen LogP contribution in [0.3, 0.4) is 0 Å². The molecule has 0 aliphatic carbocycles. The zero-order chi connectivity index (χ0) is 19.8. The van der Waals surface area contributed by atoms with Gasteiger partial charge in [0, 0.05) is 11.9 Å². The number of carboxylic acid groups (broad SMARTS) is 1. The van der Waals surface area contributed by atoms with Crippen molar-refractivity contribution in [1.82, 2.24) is 15.3 Å². The first-order valence-electron chi connectivity index (χ1n) is 8.95. The normalized spacial score (nSPS) is 15.9. The number of carbonyl (C=O) groups is 1. The molecule has 1 aliphatic rings. The summed E-state index contributed by atoms with van der Waals surface area (Å²) in [7, 11) is 0. The van der Waals surface area contributed by atoms with Gasteiger partial charge in [-0.2, -0.15) is 0 Å². The molecule has 3 N–H and O–H groups in total. The number of anilines is 1. The highest BCUT2D eigenvalue weighted by molar-refractivity contribution is 5.99. The molecular weight excluding hydrogens is 399 g/mol. The van der Waals surface area contributed by atoms with Crippen LogP contribution in [0.1, 0.15) is 12.0 Å². The maximum Gasteiger partial charge on any atom is 0.413 e. The smallest absolute Gasteiger partial charge is 0.413 e. The first-order valence-corrected chi connectivity index (χ1v) is 8.95. The van der Waals surface area contributed by atoms with E-state index < -0.39 is 11.9 Å². The summed E-state index contributed by atoms with van der Waals surface area (Å²) in [6.07, 6.45) is -0.498. The van der Waals surface area contributed by atoms with Crippen LogP contribution in [0.4, 0.5) is 15.0 Å². The minimum Gasteiger partial charge on any atom is -0.507 e. The van der Waals surface area contributed by atoms with Crippen molar-refractivity contribution in [3.63, 3.8) is 0 Å². The van der Waals surface area contributed by atoms with Crippen molar-refractivity contribution < 1.29 is 19.4 Å². The number of hydrogen-bond acceptors (Lipinski definition) is 5. The van der Waals surface area contributed by atoms with Gasteiger partial charge in [0.1, 0.15) is 17.4 Å². The number of aryl methyl sites for hydroxylation is 1. The van der Waals surface area contributed by atoms with Crippen LogP contribution in [0.2, 0.25) is 0 Å². The van der Waals surface area contributed by atoms with Gasteiger partial charge in [-0.25, -0.2) is 19.2 Å². The topological polar surface area (TPSA) is 98.6 Å². The van der Waals surface area contributed by atoms with Crippen LogP contribution in [-0.4, -0.2) is 45.4 Å². The highest BCUT2D eigenvalue weighted by Gasteiger charge is 2.31. The van der Waals surface area contributed by atoms with Crippen molar-refractivity contribution in [3.05, 3.63) is 47.8 Å². The van der Waals surface area contributed by atoms with Crippen LogP contribution in [0.5, 0.6) is 5.75 Å². The minimum absolute atomic E-state index is 0. The first kappa shape index (κ1) is 20.8. The minimum atomic E-state index is -1.14. The Kier molecular flexibility index (Phi) is 5.86. The molecule has 0 spiro atoms. The second-order valence-electron chi connectivity index (χ2n) is 6.82. The highest BCUT2D eigenvalue weighted by Crippen LogP contribution is 2.34. The molecule has 0 bridgehead atoms. The van der Waals surface area contributed by atoms with Crippen molar-refractivity contribution in [2.45, 2.75) is 19.4 Å². The Morgan fingerprint density at radius 1 is 1.28 bits per heavy atom. The van der Waals surface area contributed by atoms with Crippen LogP contribution in [0.25, 0.3) is 22.3 Å². The molecule has 1 fully saturated rings. The van der Waals surface area contributed by atoms with E-state index in [4.69, 9.17) is 0 Å². The van der Waals surface area contributed by atoms with Crippen molar-refractivity contribution >= 4 is 35.2 Å². The Bertz CT molecular complexity index is 1050.